The number of carbonyl (C=O) groups excluding carboxylic acids is 2. The molecule has 0 aromatic heterocycles. The second kappa shape index (κ2) is 36.5. The van der Waals surface area contributed by atoms with E-state index in [0.717, 1.165) is 32.5 Å². The molecule has 0 amide bonds. The molecule has 0 bridgehead atoms. The maximum Gasteiger partial charge on any atom is 0.307 e. The van der Waals surface area contributed by atoms with Crippen LogP contribution < -0.4 is 0 Å². The lowest BCUT2D eigenvalue weighted by Crippen LogP contribution is -2.39. The molecule has 0 N–H and O–H groups in total. The summed E-state index contributed by atoms with van der Waals surface area (Å²) < 4.78 is 11.8. The number of hydrogen-bond acceptors (Lipinski definition) is 6. The van der Waals surface area contributed by atoms with Gasteiger partial charge in [0.1, 0.15) is 0 Å². The van der Waals surface area contributed by atoms with Crippen molar-refractivity contribution < 1.29 is 19.1 Å². The minimum Gasteiger partial charge on any atom is -0.465 e. The van der Waals surface area contributed by atoms with Crippen LogP contribution in [0.4, 0.5) is 0 Å². The molecule has 53 heavy (non-hydrogen) atoms. The van der Waals surface area contributed by atoms with E-state index in [2.05, 4.69) is 44.5 Å². The van der Waals surface area contributed by atoms with Gasteiger partial charge in [0, 0.05) is 19.6 Å². The lowest BCUT2D eigenvalue weighted by molar-refractivity contribution is -0.145. The van der Waals surface area contributed by atoms with Crippen LogP contribution in [0.25, 0.3) is 0 Å². The maximum absolute atomic E-state index is 13.1. The molecule has 1 saturated heterocycles. The Morgan fingerprint density at radius 1 is 0.547 bits per heavy atom. The van der Waals surface area contributed by atoms with Gasteiger partial charge < -0.3 is 19.3 Å². The van der Waals surface area contributed by atoms with Gasteiger partial charge in [-0.2, -0.15) is 0 Å². The Bertz CT molecular complexity index is 814. The van der Waals surface area contributed by atoms with Gasteiger partial charge in [-0.3, -0.25) is 9.59 Å². The van der Waals surface area contributed by atoms with Crippen LogP contribution in [-0.4, -0.2) is 74.7 Å². The number of carbonyl (C=O) groups is 2. The van der Waals surface area contributed by atoms with Gasteiger partial charge in [0.15, 0.2) is 0 Å². The van der Waals surface area contributed by atoms with Gasteiger partial charge in [-0.1, -0.05) is 175 Å². The van der Waals surface area contributed by atoms with Crippen LogP contribution >= 0.6 is 0 Å². The molecule has 314 valence electrons. The fraction of sp³-hybridized carbons (Fsp3) is 0.957. The van der Waals surface area contributed by atoms with Crippen LogP contribution in [0.2, 0.25) is 0 Å². The molecule has 1 fully saturated rings. The van der Waals surface area contributed by atoms with E-state index in [0.29, 0.717) is 56.9 Å². The van der Waals surface area contributed by atoms with Crippen molar-refractivity contribution in [2.24, 2.45) is 17.8 Å². The average molecular weight is 749 g/mol. The van der Waals surface area contributed by atoms with Crippen LogP contribution in [0.3, 0.4) is 0 Å². The summed E-state index contributed by atoms with van der Waals surface area (Å²) in [4.78, 5) is 30.8. The van der Waals surface area contributed by atoms with Gasteiger partial charge >= 0.3 is 11.9 Å². The van der Waals surface area contributed by atoms with Crippen molar-refractivity contribution in [3.63, 3.8) is 0 Å². The quantitative estimate of drug-likeness (QED) is 0.0463. The molecule has 1 rings (SSSR count). The Kier molecular flexibility index (Phi) is 34.3. The first-order chi connectivity index (χ1) is 25.9. The summed E-state index contributed by atoms with van der Waals surface area (Å²) in [7, 11) is 2.20. The largest absolute Gasteiger partial charge is 0.465 e. The number of esters is 2. The van der Waals surface area contributed by atoms with Gasteiger partial charge in [-0.15, -0.1) is 0 Å². The number of likely N-dealkylation sites (tertiary alicyclic amines) is 1. The molecule has 2 atom stereocenters. The van der Waals surface area contributed by atoms with Crippen LogP contribution in [0.5, 0.6) is 0 Å². The fourth-order valence-electron chi connectivity index (χ4n) is 8.03. The standard InChI is InChI=1S/C47H92N2O4/c1-6-10-13-16-19-21-24-26-29-43(9-4)41-52-46(50)34-38-49(40-44-32-36-48(5)37-33-44)39-35-47(51)53-42-45(30-27-23-18-15-12-8-3)31-28-25-22-20-17-14-11-7-2/h43-45H,6-42H2,1-5H3. The lowest BCUT2D eigenvalue weighted by atomic mass is 9.94. The number of nitrogens with zero attached hydrogens (tertiary/aromatic N) is 2. The van der Waals surface area contributed by atoms with Crippen molar-refractivity contribution >= 4 is 11.9 Å². The van der Waals surface area contributed by atoms with Gasteiger partial charge in [-0.25, -0.2) is 0 Å². The molecule has 0 aliphatic carbocycles. The zero-order chi connectivity index (χ0) is 38.6. The molecule has 0 spiro atoms. The molecule has 0 saturated carbocycles. The lowest BCUT2D eigenvalue weighted by Gasteiger charge is -2.33. The third-order valence-electron chi connectivity index (χ3n) is 12.1. The number of ether oxygens (including phenoxy) is 2. The van der Waals surface area contributed by atoms with E-state index in [1.807, 2.05) is 0 Å². The van der Waals surface area contributed by atoms with Crippen molar-refractivity contribution in [2.75, 3.05) is 53.0 Å². The van der Waals surface area contributed by atoms with Crippen molar-refractivity contribution in [1.82, 2.24) is 9.80 Å². The van der Waals surface area contributed by atoms with Crippen LogP contribution in [-0.2, 0) is 19.1 Å². The van der Waals surface area contributed by atoms with Gasteiger partial charge in [-0.05, 0) is 70.0 Å². The Morgan fingerprint density at radius 2 is 0.906 bits per heavy atom. The van der Waals surface area contributed by atoms with E-state index in [1.54, 1.807) is 0 Å². The Labute approximate surface area is 331 Å². The molecular formula is C47H92N2O4. The molecule has 0 aromatic rings. The molecule has 0 aromatic carbocycles. The van der Waals surface area contributed by atoms with E-state index in [4.69, 9.17) is 9.47 Å². The molecule has 1 aliphatic heterocycles. The first-order valence-corrected chi connectivity index (χ1v) is 23.6. The Balaban J connectivity index is 2.53. The molecule has 6 heteroatoms. The fourth-order valence-corrected chi connectivity index (χ4v) is 8.03. The predicted molar refractivity (Wildman–Crippen MR) is 228 cm³/mol. The minimum atomic E-state index is -0.0891. The molecule has 2 unspecified atom stereocenters. The molecule has 6 nitrogen and oxygen atoms in total. The van der Waals surface area contributed by atoms with Crippen molar-refractivity contribution in [2.45, 2.75) is 220 Å². The molecular weight excluding hydrogens is 657 g/mol. The highest BCUT2D eigenvalue weighted by Crippen LogP contribution is 2.22. The number of hydrogen-bond donors (Lipinski definition) is 0. The summed E-state index contributed by atoms with van der Waals surface area (Å²) in [5.74, 6) is 1.40. The normalized spacial score (nSPS) is 15.2. The summed E-state index contributed by atoms with van der Waals surface area (Å²) in [6.45, 7) is 14.7. The SMILES string of the molecule is CCCCCCCCCCC(CC)COC(=O)CCN(CCC(=O)OCC(CCCCCCCC)CCCCCCCCCC)CC1CCN(C)CC1. The summed E-state index contributed by atoms with van der Waals surface area (Å²) in [5.41, 5.74) is 0. The predicted octanol–water partition coefficient (Wildman–Crippen LogP) is 13.0. The summed E-state index contributed by atoms with van der Waals surface area (Å²) >= 11 is 0. The number of unbranched alkanes of at least 4 members (excludes halogenated alkanes) is 19. The third kappa shape index (κ3) is 30.7. The van der Waals surface area contributed by atoms with Crippen molar-refractivity contribution in [3.05, 3.63) is 0 Å². The Hall–Kier alpha value is -1.14. The van der Waals surface area contributed by atoms with E-state index in [9.17, 15) is 9.59 Å². The van der Waals surface area contributed by atoms with E-state index >= 15 is 0 Å². The van der Waals surface area contributed by atoms with Gasteiger partial charge in [0.05, 0.1) is 26.1 Å². The molecule has 1 aliphatic rings. The zero-order valence-electron chi connectivity index (χ0n) is 36.4. The average Bonchev–Trinajstić information content (AvgIpc) is 3.16. The summed E-state index contributed by atoms with van der Waals surface area (Å²) in [6.07, 6.45) is 36.9. The van der Waals surface area contributed by atoms with E-state index in [1.165, 1.54) is 167 Å². The highest BCUT2D eigenvalue weighted by atomic mass is 16.5. The van der Waals surface area contributed by atoms with Gasteiger partial charge in [0.2, 0.25) is 0 Å². The Morgan fingerprint density at radius 3 is 1.30 bits per heavy atom. The van der Waals surface area contributed by atoms with E-state index in [-0.39, 0.29) is 11.9 Å². The van der Waals surface area contributed by atoms with E-state index < -0.39 is 0 Å². The minimum absolute atomic E-state index is 0.0726. The summed E-state index contributed by atoms with van der Waals surface area (Å²) in [5, 5.41) is 0. The van der Waals surface area contributed by atoms with Crippen LogP contribution in [0.1, 0.15) is 220 Å². The highest BCUT2D eigenvalue weighted by molar-refractivity contribution is 5.70. The van der Waals surface area contributed by atoms with Gasteiger partial charge in [0.25, 0.3) is 0 Å². The maximum atomic E-state index is 13.1. The van der Waals surface area contributed by atoms with Crippen LogP contribution in [0, 0.1) is 17.8 Å². The second-order valence-corrected chi connectivity index (χ2v) is 17.1. The number of piperidine rings is 1. The zero-order valence-corrected chi connectivity index (χ0v) is 36.4. The van der Waals surface area contributed by atoms with Crippen molar-refractivity contribution in [1.29, 1.82) is 0 Å². The third-order valence-corrected chi connectivity index (χ3v) is 12.1. The second-order valence-electron chi connectivity index (χ2n) is 17.1. The smallest absolute Gasteiger partial charge is 0.307 e. The summed E-state index contributed by atoms with van der Waals surface area (Å²) in [6, 6.07) is 0. The molecule has 0 radical (unpaired) electrons. The first kappa shape index (κ1) is 49.9. The first-order valence-electron chi connectivity index (χ1n) is 23.6. The highest BCUT2D eigenvalue weighted by Gasteiger charge is 2.22. The topological polar surface area (TPSA) is 59.1 Å². The van der Waals surface area contributed by atoms with Crippen LogP contribution in [0.15, 0.2) is 0 Å². The van der Waals surface area contributed by atoms with Crippen molar-refractivity contribution in [3.8, 4) is 0 Å². The monoisotopic (exact) mass is 749 g/mol. The number of rotatable bonds is 38. The molecule has 1 heterocycles.